The first-order chi connectivity index (χ1) is 16.4. The Labute approximate surface area is 199 Å². The second-order valence-corrected chi connectivity index (χ2v) is 11.1. The smallest absolute Gasteiger partial charge is 0.282 e. The fourth-order valence-corrected chi connectivity index (χ4v) is 7.32. The molecule has 0 amide bonds. The van der Waals surface area contributed by atoms with Crippen LogP contribution in [0, 0.1) is 0 Å². The number of nitrogens with zero attached hydrogens (tertiary/aromatic N) is 6. The SMILES string of the molecule is COc1cc(Nc2cc(CO)[nH]n2)nc(N(C)C2C[C@H]3CCC[C@@H](C2)N3S(=O)(=O)N2CCC2)n1. The first kappa shape index (κ1) is 23.3. The van der Waals surface area contributed by atoms with Crippen LogP contribution in [0.1, 0.15) is 44.2 Å². The first-order valence-electron chi connectivity index (χ1n) is 11.8. The van der Waals surface area contributed by atoms with Crippen LogP contribution in [0.15, 0.2) is 12.1 Å². The third-order valence-electron chi connectivity index (χ3n) is 7.11. The summed E-state index contributed by atoms with van der Waals surface area (Å²) in [6.45, 7) is 1.12. The Kier molecular flexibility index (Phi) is 6.35. The Bertz CT molecular complexity index is 1110. The number of piperidine rings is 2. The number of aliphatic hydroxyl groups excluding tert-OH is 1. The molecule has 0 spiro atoms. The summed E-state index contributed by atoms with van der Waals surface area (Å²) in [7, 11) is 0.117. The van der Waals surface area contributed by atoms with Crippen LogP contribution >= 0.6 is 0 Å². The number of ether oxygens (including phenoxy) is 1. The molecular formula is C21H32N8O4S. The highest BCUT2D eigenvalue weighted by molar-refractivity contribution is 7.86. The van der Waals surface area contributed by atoms with Gasteiger partial charge in [0.2, 0.25) is 11.8 Å². The summed E-state index contributed by atoms with van der Waals surface area (Å²) in [6, 6.07) is 3.49. The minimum Gasteiger partial charge on any atom is -0.481 e. The number of aliphatic hydroxyl groups is 1. The van der Waals surface area contributed by atoms with E-state index in [4.69, 9.17) is 4.74 Å². The Morgan fingerprint density at radius 3 is 2.50 bits per heavy atom. The molecule has 186 valence electrons. The van der Waals surface area contributed by atoms with Gasteiger partial charge < -0.3 is 20.1 Å². The quantitative estimate of drug-likeness (QED) is 0.496. The molecule has 3 aliphatic rings. The fourth-order valence-electron chi connectivity index (χ4n) is 5.19. The number of anilines is 3. The minimum absolute atomic E-state index is 0.00490. The van der Waals surface area contributed by atoms with E-state index in [-0.39, 0.29) is 24.7 Å². The van der Waals surface area contributed by atoms with E-state index in [2.05, 4.69) is 25.5 Å². The van der Waals surface area contributed by atoms with Crippen molar-refractivity contribution in [3.8, 4) is 5.88 Å². The van der Waals surface area contributed by atoms with E-state index in [0.717, 1.165) is 38.5 Å². The number of aromatic amines is 1. The highest BCUT2D eigenvalue weighted by Crippen LogP contribution is 2.40. The molecule has 3 fully saturated rings. The average molecular weight is 493 g/mol. The van der Waals surface area contributed by atoms with Crippen molar-refractivity contribution in [3.63, 3.8) is 0 Å². The van der Waals surface area contributed by atoms with E-state index in [0.29, 0.717) is 42.2 Å². The largest absolute Gasteiger partial charge is 0.481 e. The zero-order valence-electron chi connectivity index (χ0n) is 19.5. The average Bonchev–Trinajstić information content (AvgIpc) is 3.23. The van der Waals surface area contributed by atoms with Gasteiger partial charge in [-0.05, 0) is 32.1 Å². The number of hydrogen-bond donors (Lipinski definition) is 3. The molecular weight excluding hydrogens is 460 g/mol. The van der Waals surface area contributed by atoms with Crippen LogP contribution in [0.3, 0.4) is 0 Å². The van der Waals surface area contributed by atoms with Gasteiger partial charge in [0.15, 0.2) is 5.82 Å². The molecule has 0 aromatic carbocycles. The minimum atomic E-state index is -3.39. The van der Waals surface area contributed by atoms with E-state index in [1.54, 1.807) is 27.9 Å². The predicted molar refractivity (Wildman–Crippen MR) is 126 cm³/mol. The van der Waals surface area contributed by atoms with Crippen molar-refractivity contribution in [2.45, 2.75) is 63.3 Å². The monoisotopic (exact) mass is 492 g/mol. The molecule has 0 saturated carbocycles. The van der Waals surface area contributed by atoms with Gasteiger partial charge in [-0.2, -0.15) is 32.1 Å². The molecule has 5 heterocycles. The second-order valence-electron chi connectivity index (χ2n) is 9.22. The molecule has 2 aromatic heterocycles. The van der Waals surface area contributed by atoms with E-state index < -0.39 is 10.2 Å². The van der Waals surface area contributed by atoms with Crippen molar-refractivity contribution in [1.29, 1.82) is 0 Å². The highest BCUT2D eigenvalue weighted by atomic mass is 32.2. The van der Waals surface area contributed by atoms with Crippen molar-refractivity contribution in [3.05, 3.63) is 17.8 Å². The molecule has 2 aromatic rings. The van der Waals surface area contributed by atoms with Crippen molar-refractivity contribution in [1.82, 2.24) is 28.8 Å². The summed E-state index contributed by atoms with van der Waals surface area (Å²) < 4.78 is 35.3. The van der Waals surface area contributed by atoms with Gasteiger partial charge in [0.1, 0.15) is 5.82 Å². The normalized spacial score (nSPS) is 25.6. The molecule has 5 rings (SSSR count). The van der Waals surface area contributed by atoms with Crippen molar-refractivity contribution < 1.29 is 18.3 Å². The number of hydrogen-bond acceptors (Lipinski definition) is 9. The lowest BCUT2D eigenvalue weighted by atomic mass is 9.83. The summed E-state index contributed by atoms with van der Waals surface area (Å²) in [5.41, 5.74) is 0.590. The van der Waals surface area contributed by atoms with E-state index in [1.807, 2.05) is 11.9 Å². The molecule has 1 unspecified atom stereocenters. The van der Waals surface area contributed by atoms with Crippen LogP contribution in [0.25, 0.3) is 0 Å². The molecule has 34 heavy (non-hydrogen) atoms. The lowest BCUT2D eigenvalue weighted by Crippen LogP contribution is -2.62. The van der Waals surface area contributed by atoms with Gasteiger partial charge in [0, 0.05) is 50.4 Å². The Balaban J connectivity index is 1.35. The van der Waals surface area contributed by atoms with Crippen molar-refractivity contribution in [2.75, 3.05) is 37.5 Å². The summed E-state index contributed by atoms with van der Waals surface area (Å²) in [4.78, 5) is 11.3. The molecule has 3 aliphatic heterocycles. The molecule has 0 radical (unpaired) electrons. The Morgan fingerprint density at radius 2 is 1.91 bits per heavy atom. The Hall–Kier alpha value is -2.48. The fraction of sp³-hybridized carbons (Fsp3) is 0.667. The van der Waals surface area contributed by atoms with Gasteiger partial charge in [-0.3, -0.25) is 5.10 Å². The van der Waals surface area contributed by atoms with Crippen LogP contribution < -0.4 is 15.0 Å². The number of nitrogens with one attached hydrogen (secondary N) is 2. The number of methoxy groups -OCH3 is 1. The summed E-state index contributed by atoms with van der Waals surface area (Å²) in [5, 5.41) is 19.2. The van der Waals surface area contributed by atoms with Crippen molar-refractivity contribution in [2.24, 2.45) is 0 Å². The molecule has 2 bridgehead atoms. The number of fused-ring (bicyclic) bond motifs is 2. The molecule has 12 nitrogen and oxygen atoms in total. The maximum Gasteiger partial charge on any atom is 0.282 e. The topological polar surface area (TPSA) is 140 Å². The predicted octanol–water partition coefficient (Wildman–Crippen LogP) is 1.22. The lowest BCUT2D eigenvalue weighted by Gasteiger charge is -2.51. The van der Waals surface area contributed by atoms with E-state index >= 15 is 0 Å². The molecule has 3 atom stereocenters. The number of rotatable bonds is 8. The van der Waals surface area contributed by atoms with E-state index in [9.17, 15) is 13.5 Å². The van der Waals surface area contributed by atoms with Crippen LogP contribution in [0.5, 0.6) is 5.88 Å². The van der Waals surface area contributed by atoms with Crippen LogP contribution in [0.2, 0.25) is 0 Å². The van der Waals surface area contributed by atoms with Gasteiger partial charge in [-0.25, -0.2) is 0 Å². The maximum atomic E-state index is 13.2. The maximum absolute atomic E-state index is 13.2. The van der Waals surface area contributed by atoms with Gasteiger partial charge in [-0.1, -0.05) is 6.42 Å². The highest BCUT2D eigenvalue weighted by Gasteiger charge is 2.48. The van der Waals surface area contributed by atoms with Crippen LogP contribution in [-0.4, -0.2) is 87.7 Å². The van der Waals surface area contributed by atoms with Crippen molar-refractivity contribution >= 4 is 27.8 Å². The third kappa shape index (κ3) is 4.32. The molecule has 0 aliphatic carbocycles. The zero-order valence-corrected chi connectivity index (χ0v) is 20.3. The number of H-pyrrole nitrogens is 1. The molecule has 3 N–H and O–H groups in total. The van der Waals surface area contributed by atoms with Gasteiger partial charge in [-0.15, -0.1) is 0 Å². The second kappa shape index (κ2) is 9.29. The number of aromatic nitrogens is 4. The zero-order chi connectivity index (χ0) is 23.9. The summed E-state index contributed by atoms with van der Waals surface area (Å²) in [6.07, 6.45) is 5.24. The van der Waals surface area contributed by atoms with Crippen LogP contribution in [-0.2, 0) is 16.8 Å². The molecule has 13 heteroatoms. The third-order valence-corrected chi connectivity index (χ3v) is 9.26. The van der Waals surface area contributed by atoms with Gasteiger partial charge in [0.05, 0.1) is 19.4 Å². The Morgan fingerprint density at radius 1 is 1.18 bits per heavy atom. The molecule has 3 saturated heterocycles. The summed E-state index contributed by atoms with van der Waals surface area (Å²) >= 11 is 0. The summed E-state index contributed by atoms with van der Waals surface area (Å²) in [5.74, 6) is 1.96. The lowest BCUT2D eigenvalue weighted by molar-refractivity contribution is 0.0965. The van der Waals surface area contributed by atoms with Gasteiger partial charge in [0.25, 0.3) is 10.2 Å². The standard InChI is InChI=1S/C21H32N8O4S/c1-27(21-23-18(12-20(24-21)33-2)22-19-9-14(13-30)25-26-19)17-10-15-5-3-6-16(11-17)29(15)34(31,32)28-7-4-8-28/h9,12,15-17,30H,3-8,10-11,13H2,1-2H3,(H2,22,23,24,25,26)/t15-,16+,17?. The van der Waals surface area contributed by atoms with E-state index in [1.165, 1.54) is 0 Å². The first-order valence-corrected chi connectivity index (χ1v) is 13.2. The van der Waals surface area contributed by atoms with Crippen LogP contribution in [0.4, 0.5) is 17.6 Å². The van der Waals surface area contributed by atoms with Gasteiger partial charge >= 0.3 is 0 Å².